The van der Waals surface area contributed by atoms with Crippen LogP contribution in [-0.4, -0.2) is 26.6 Å². The van der Waals surface area contributed by atoms with Gasteiger partial charge in [0.2, 0.25) is 0 Å². The van der Waals surface area contributed by atoms with Crippen LogP contribution in [0.2, 0.25) is 0 Å². The molecule has 0 saturated carbocycles. The van der Waals surface area contributed by atoms with Gasteiger partial charge in [0.05, 0.1) is 5.54 Å². The zero-order chi connectivity index (χ0) is 44.6. The maximum atomic E-state index is 9.74. The van der Waals surface area contributed by atoms with Crippen molar-refractivity contribution in [1.82, 2.24) is 9.55 Å². The normalized spacial score (nSPS) is 21.9. The number of aromatic nitrogens is 2. The average molecular weight is 944 g/mol. The third kappa shape index (κ3) is 7.07. The Morgan fingerprint density at radius 1 is 0.825 bits per heavy atom. The third-order valence-electron chi connectivity index (χ3n) is 11.9. The van der Waals surface area contributed by atoms with Crippen LogP contribution in [0, 0.1) is 32.8 Å². The van der Waals surface area contributed by atoms with E-state index in [0.717, 1.165) is 44.1 Å². The summed E-state index contributed by atoms with van der Waals surface area (Å²) in [4.78, 5) is 9.97. The van der Waals surface area contributed by atoms with Crippen LogP contribution in [-0.2, 0) is 54.8 Å². The molecule has 8 rings (SSSR count). The molecule has 0 bridgehead atoms. The molecule has 1 aliphatic carbocycles. The maximum absolute atomic E-state index is 9.74. The summed E-state index contributed by atoms with van der Waals surface area (Å²) in [6.07, 6.45) is 0.477. The average Bonchev–Trinajstić information content (AvgIpc) is 3.61. The Morgan fingerprint density at radius 3 is 2.25 bits per heavy atom. The zero-order valence-corrected chi connectivity index (χ0v) is 37.8. The van der Waals surface area contributed by atoms with Crippen LogP contribution in [0.25, 0.3) is 27.6 Å². The summed E-state index contributed by atoms with van der Waals surface area (Å²) in [6, 6.07) is 26.1. The van der Waals surface area contributed by atoms with Crippen molar-refractivity contribution in [2.45, 2.75) is 137 Å². The molecule has 0 radical (unpaired) electrons. The summed E-state index contributed by atoms with van der Waals surface area (Å²) in [7, 11) is 0. The van der Waals surface area contributed by atoms with Gasteiger partial charge >= 0.3 is 21.1 Å². The minimum Gasteiger partial charge on any atom is -0.511 e. The molecule has 0 amide bonds. The van der Waals surface area contributed by atoms with Gasteiger partial charge in [-0.15, -0.1) is 29.1 Å². The monoisotopic (exact) mass is 943 g/mol. The molecule has 2 aliphatic rings. The number of pyridine rings is 1. The second-order valence-electron chi connectivity index (χ2n) is 19.4. The van der Waals surface area contributed by atoms with E-state index in [1.165, 1.54) is 5.56 Å². The Bertz CT molecular complexity index is 2820. The number of hydrogen-bond acceptors (Lipinski definition) is 4. The molecule has 1 aliphatic heterocycles. The van der Waals surface area contributed by atoms with Crippen LogP contribution < -0.4 is 4.74 Å². The first-order valence-electron chi connectivity index (χ1n) is 22.2. The van der Waals surface area contributed by atoms with Gasteiger partial charge in [0.25, 0.3) is 0 Å². The van der Waals surface area contributed by atoms with Gasteiger partial charge in [-0.1, -0.05) is 109 Å². The zero-order valence-electron chi connectivity index (χ0n) is 40.5. The number of fused-ring (bicyclic) bond motifs is 5. The molecule has 6 aromatic rings. The molecular weight excluding hydrogens is 882 g/mol. The SMILES string of the molecule is [2H]C([2H])([2H])c1ccc2c(c1)c1ccc(Oc3[c-]c(C4=N[C@@]5(C)C([2H])([2H])c6cc(C)c(C(C)(C)C)c(C)c6C[C@]5(C)O4)cc(C(C)(C)C)c3)[c-]c1n2-c1cc(C(C)(C)C)ccn1.[Pt+2]. The quantitative estimate of drug-likeness (QED) is 0.165. The van der Waals surface area contributed by atoms with E-state index >= 15 is 0 Å². The molecule has 0 unspecified atom stereocenters. The van der Waals surface area contributed by atoms with Crippen molar-refractivity contribution < 1.29 is 37.4 Å². The van der Waals surface area contributed by atoms with Gasteiger partial charge in [0.15, 0.2) is 0 Å². The van der Waals surface area contributed by atoms with Crippen molar-refractivity contribution in [1.29, 1.82) is 0 Å². The van der Waals surface area contributed by atoms with Crippen molar-refractivity contribution in [3.8, 4) is 17.3 Å². The van der Waals surface area contributed by atoms with Gasteiger partial charge in [-0.2, -0.15) is 6.07 Å². The van der Waals surface area contributed by atoms with Gasteiger partial charge in [-0.25, -0.2) is 4.98 Å². The number of aryl methyl sites for hydroxylation is 2. The number of ether oxygens (including phenoxy) is 2. The number of hydrogen-bond donors (Lipinski definition) is 0. The van der Waals surface area contributed by atoms with Crippen molar-refractivity contribution in [2.75, 3.05) is 0 Å². The number of nitrogens with zero attached hydrogens (tertiary/aromatic N) is 3. The van der Waals surface area contributed by atoms with E-state index in [0.29, 0.717) is 46.3 Å². The van der Waals surface area contributed by atoms with E-state index in [1.54, 1.807) is 18.3 Å². The molecule has 3 heterocycles. The predicted octanol–water partition coefficient (Wildman–Crippen LogP) is 12.5. The first kappa shape index (κ1) is 34.8. The molecule has 2 atom stereocenters. The second kappa shape index (κ2) is 13.7. The molecule has 57 heavy (non-hydrogen) atoms. The van der Waals surface area contributed by atoms with Gasteiger partial charge in [0.1, 0.15) is 17.3 Å². The summed E-state index contributed by atoms with van der Waals surface area (Å²) in [6.45, 7) is 25.3. The van der Waals surface area contributed by atoms with Crippen molar-refractivity contribution in [3.05, 3.63) is 129 Å². The fourth-order valence-corrected chi connectivity index (χ4v) is 8.75. The van der Waals surface area contributed by atoms with Crippen LogP contribution in [0.1, 0.15) is 133 Å². The van der Waals surface area contributed by atoms with Gasteiger partial charge in [0, 0.05) is 42.9 Å². The van der Waals surface area contributed by atoms with Crippen LogP contribution in [0.15, 0.2) is 71.9 Å². The van der Waals surface area contributed by atoms with Crippen LogP contribution in [0.5, 0.6) is 11.5 Å². The second-order valence-corrected chi connectivity index (χ2v) is 19.4. The van der Waals surface area contributed by atoms with Crippen LogP contribution >= 0.6 is 0 Å². The topological polar surface area (TPSA) is 48.6 Å². The van der Waals surface area contributed by atoms with Crippen molar-refractivity contribution in [2.24, 2.45) is 4.99 Å². The number of benzene rings is 4. The Balaban J connectivity index is 0.00000578. The Kier molecular flexibility index (Phi) is 8.36. The summed E-state index contributed by atoms with van der Waals surface area (Å²) in [5.74, 6) is 1.88. The van der Waals surface area contributed by atoms with E-state index in [2.05, 4.69) is 94.4 Å². The summed E-state index contributed by atoms with van der Waals surface area (Å²) in [5.41, 5.74) is 6.78. The maximum Gasteiger partial charge on any atom is 2.00 e. The third-order valence-corrected chi connectivity index (χ3v) is 11.9. The molecule has 0 N–H and O–H groups in total. The fourth-order valence-electron chi connectivity index (χ4n) is 8.75. The Morgan fingerprint density at radius 2 is 1.56 bits per heavy atom. The summed E-state index contributed by atoms with van der Waals surface area (Å²) < 4.78 is 59.5. The Labute approximate surface area is 361 Å². The van der Waals surface area contributed by atoms with E-state index in [4.69, 9.17) is 23.6 Å². The minimum atomic E-state index is -2.27. The number of rotatable bonds is 4. The van der Waals surface area contributed by atoms with Gasteiger partial charge in [-0.05, 0) is 108 Å². The molecule has 6 heteroatoms. The first-order chi connectivity index (χ1) is 28.0. The Hall–Kier alpha value is -4.21. The van der Waals surface area contributed by atoms with Crippen molar-refractivity contribution in [3.63, 3.8) is 0 Å². The van der Waals surface area contributed by atoms with E-state index in [9.17, 15) is 2.74 Å². The molecule has 298 valence electrons. The van der Waals surface area contributed by atoms with E-state index in [1.807, 2.05) is 60.9 Å². The molecule has 2 aromatic heterocycles. The smallest absolute Gasteiger partial charge is 0.511 e. The van der Waals surface area contributed by atoms with Crippen LogP contribution in [0.3, 0.4) is 0 Å². The molecule has 5 nitrogen and oxygen atoms in total. The summed E-state index contributed by atoms with van der Waals surface area (Å²) in [5, 5.41) is 1.59. The summed E-state index contributed by atoms with van der Waals surface area (Å²) >= 11 is 0. The van der Waals surface area contributed by atoms with Gasteiger partial charge < -0.3 is 14.0 Å². The molecule has 0 saturated heterocycles. The standard InChI is InChI=1S/C51H57N3O2.Pt/c1-30-15-18-42-40(21-30)39-17-16-37(27-43(39)54(42)44-26-35(19-20-52-44)47(4,5)6)55-38-24-33(23-36(25-38)48(7,8)9)46-53-50(13)28-34-22-31(2)45(49(10,11)12)32(3)41(34)29-51(50,14)56-46;/h15-23,25-26H,28-29H2,1-14H3;/q-2;+2/t50-,51-;/m0./s1/i1D3,28D2;. The van der Waals surface area contributed by atoms with Gasteiger partial charge in [-0.3, -0.25) is 4.99 Å². The fraction of sp³-hybridized carbons (Fsp3) is 0.412. The first-order valence-corrected chi connectivity index (χ1v) is 19.7. The number of aliphatic imine (C=N–C) groups is 1. The van der Waals surface area contributed by atoms with E-state index in [-0.39, 0.29) is 42.9 Å². The largest absolute Gasteiger partial charge is 2.00 e. The van der Waals surface area contributed by atoms with E-state index < -0.39 is 24.4 Å². The van der Waals surface area contributed by atoms with Crippen molar-refractivity contribution >= 4 is 27.7 Å². The molecular formula is C51H57N3O2Pt. The minimum absolute atomic E-state index is 0. The predicted molar refractivity (Wildman–Crippen MR) is 231 cm³/mol. The molecule has 4 aromatic carbocycles. The molecule has 0 fully saturated rings. The van der Waals surface area contributed by atoms with Crippen LogP contribution in [0.4, 0.5) is 0 Å². The molecule has 0 spiro atoms.